The van der Waals surface area contributed by atoms with Gasteiger partial charge in [-0.2, -0.15) is 0 Å². The predicted molar refractivity (Wildman–Crippen MR) is 152 cm³/mol. The van der Waals surface area contributed by atoms with Gasteiger partial charge < -0.3 is 9.64 Å². The summed E-state index contributed by atoms with van der Waals surface area (Å²) in [6.45, 7) is 7.80. The minimum absolute atomic E-state index is 0. The molecule has 0 bridgehead atoms. The number of carbonyl (C=O) groups excluding carboxylic acids is 1. The van der Waals surface area contributed by atoms with E-state index < -0.39 is 0 Å². The Bertz CT molecular complexity index is 1030. The first kappa shape index (κ1) is 28.8. The average molecular weight is 540 g/mol. The summed E-state index contributed by atoms with van der Waals surface area (Å²) in [5, 5.41) is 0.809. The fourth-order valence-corrected chi connectivity index (χ4v) is 5.88. The first-order valence-electron chi connectivity index (χ1n) is 11.3. The average Bonchev–Trinajstić information content (AvgIpc) is 3.27. The first-order valence-corrected chi connectivity index (χ1v) is 14.3. The third-order valence-corrected chi connectivity index (χ3v) is 8.38. The van der Waals surface area contributed by atoms with Crippen molar-refractivity contribution in [2.24, 2.45) is 0 Å². The maximum Gasteiger partial charge on any atom is 0.228 e. The minimum Gasteiger partial charge on any atom is -0.497 e. The van der Waals surface area contributed by atoms with Gasteiger partial charge in [-0.05, 0) is 74.0 Å². The van der Waals surface area contributed by atoms with Gasteiger partial charge in [0.15, 0.2) is 5.13 Å². The molecule has 186 valence electrons. The molecule has 0 radical (unpaired) electrons. The number of rotatable bonds is 13. The Balaban J connectivity index is 0.00000408. The van der Waals surface area contributed by atoms with Crippen LogP contribution < -0.4 is 9.64 Å². The molecule has 1 aromatic heterocycles. The van der Waals surface area contributed by atoms with Crippen molar-refractivity contribution in [2.45, 2.75) is 36.5 Å². The topological polar surface area (TPSA) is 45.7 Å². The molecule has 3 aromatic rings. The number of thiazole rings is 1. The van der Waals surface area contributed by atoms with Crippen molar-refractivity contribution < 1.29 is 9.53 Å². The summed E-state index contributed by atoms with van der Waals surface area (Å²) >= 11 is 5.11. The van der Waals surface area contributed by atoms with Gasteiger partial charge in [0.05, 0.1) is 17.3 Å². The van der Waals surface area contributed by atoms with Crippen LogP contribution in [0.4, 0.5) is 5.13 Å². The Morgan fingerprint density at radius 3 is 2.41 bits per heavy atom. The lowest BCUT2D eigenvalue weighted by Crippen LogP contribution is -2.38. The van der Waals surface area contributed by atoms with Gasteiger partial charge in [0.25, 0.3) is 0 Å². The second-order valence-corrected chi connectivity index (χ2v) is 10.6. The number of hydrogen-bond donors (Lipinski definition) is 0. The van der Waals surface area contributed by atoms with Crippen LogP contribution in [0.25, 0.3) is 10.2 Å². The number of methoxy groups -OCH3 is 1. The molecule has 2 aromatic carbocycles. The highest BCUT2D eigenvalue weighted by Crippen LogP contribution is 2.32. The highest BCUT2D eigenvalue weighted by molar-refractivity contribution is 7.99. The molecule has 0 aliphatic rings. The third kappa shape index (κ3) is 8.05. The second-order valence-electron chi connectivity index (χ2n) is 7.53. The van der Waals surface area contributed by atoms with Crippen LogP contribution in [0.15, 0.2) is 52.3 Å². The fourth-order valence-electron chi connectivity index (χ4n) is 3.46. The van der Waals surface area contributed by atoms with E-state index in [1.165, 1.54) is 9.79 Å². The van der Waals surface area contributed by atoms with Crippen molar-refractivity contribution in [3.63, 3.8) is 0 Å². The van der Waals surface area contributed by atoms with Crippen LogP contribution in [0.1, 0.15) is 26.7 Å². The maximum atomic E-state index is 13.3. The Morgan fingerprint density at radius 2 is 1.76 bits per heavy atom. The van der Waals surface area contributed by atoms with Gasteiger partial charge in [0.1, 0.15) is 5.75 Å². The molecule has 5 nitrogen and oxygen atoms in total. The summed E-state index contributed by atoms with van der Waals surface area (Å²) in [7, 11) is 1.67. The Labute approximate surface area is 222 Å². The van der Waals surface area contributed by atoms with Gasteiger partial charge in [-0.25, -0.2) is 4.98 Å². The Morgan fingerprint density at radius 1 is 1.06 bits per heavy atom. The number of thioether (sulfide) groups is 2. The number of nitrogens with zero attached hydrogens (tertiary/aromatic N) is 3. The van der Waals surface area contributed by atoms with Gasteiger partial charge in [0.2, 0.25) is 5.91 Å². The molecule has 0 N–H and O–H groups in total. The highest BCUT2D eigenvalue weighted by Gasteiger charge is 2.20. The van der Waals surface area contributed by atoms with E-state index in [1.54, 1.807) is 42.0 Å². The lowest BCUT2D eigenvalue weighted by atomic mass is 10.3. The molecule has 3 rings (SSSR count). The van der Waals surface area contributed by atoms with E-state index in [9.17, 15) is 4.79 Å². The van der Waals surface area contributed by atoms with Gasteiger partial charge in [-0.3, -0.25) is 9.69 Å². The number of ether oxygens (including phenoxy) is 1. The van der Waals surface area contributed by atoms with Crippen LogP contribution in [0.3, 0.4) is 0 Å². The smallest absolute Gasteiger partial charge is 0.228 e. The molecule has 0 aliphatic carbocycles. The van der Waals surface area contributed by atoms with Crippen molar-refractivity contribution >= 4 is 68.5 Å². The van der Waals surface area contributed by atoms with E-state index >= 15 is 0 Å². The highest BCUT2D eigenvalue weighted by atomic mass is 35.5. The molecule has 0 atom stereocenters. The van der Waals surface area contributed by atoms with Crippen LogP contribution in [0.5, 0.6) is 5.75 Å². The van der Waals surface area contributed by atoms with Crippen molar-refractivity contribution in [1.82, 2.24) is 9.88 Å². The standard InChI is InChI=1S/C25H33N3O2S3.ClH/c1-5-27(6-2)15-16-28(25-26-22-14-13-21(31-4)18-23(22)33-25)24(29)8-7-17-32-20-11-9-19(30-3)10-12-20;/h9-14,18H,5-8,15-17H2,1-4H3;1H. The molecule has 0 saturated heterocycles. The van der Waals surface area contributed by atoms with Gasteiger partial charge in [-0.15, -0.1) is 35.9 Å². The zero-order chi connectivity index (χ0) is 23.6. The molecule has 9 heteroatoms. The lowest BCUT2D eigenvalue weighted by molar-refractivity contribution is -0.118. The molecule has 1 heterocycles. The summed E-state index contributed by atoms with van der Waals surface area (Å²) in [6.07, 6.45) is 3.43. The number of benzene rings is 2. The molecule has 0 fully saturated rings. The summed E-state index contributed by atoms with van der Waals surface area (Å²) in [4.78, 5) is 24.7. The normalized spacial score (nSPS) is 11.0. The maximum absolute atomic E-state index is 13.3. The van der Waals surface area contributed by atoms with Crippen molar-refractivity contribution in [3.05, 3.63) is 42.5 Å². The molecular formula is C25H34ClN3O2S3. The minimum atomic E-state index is 0. The zero-order valence-corrected chi connectivity index (χ0v) is 23.5. The van der Waals surface area contributed by atoms with E-state index in [-0.39, 0.29) is 18.3 Å². The number of hydrogen-bond acceptors (Lipinski definition) is 7. The molecular weight excluding hydrogens is 506 g/mol. The summed E-state index contributed by atoms with van der Waals surface area (Å²) in [5.74, 6) is 1.92. The predicted octanol–water partition coefficient (Wildman–Crippen LogP) is 6.70. The van der Waals surface area contributed by atoms with E-state index in [0.29, 0.717) is 13.0 Å². The van der Waals surface area contributed by atoms with Gasteiger partial charge in [-0.1, -0.05) is 25.2 Å². The first-order chi connectivity index (χ1) is 16.1. The third-order valence-electron chi connectivity index (χ3n) is 5.51. The molecule has 1 amide bonds. The van der Waals surface area contributed by atoms with Crippen LogP contribution >= 0.6 is 47.3 Å². The molecule has 0 spiro atoms. The number of halogens is 1. The summed E-state index contributed by atoms with van der Waals surface area (Å²) in [5.41, 5.74) is 0.962. The van der Waals surface area contributed by atoms with Crippen LogP contribution in [0, 0.1) is 0 Å². The van der Waals surface area contributed by atoms with E-state index in [1.807, 2.05) is 17.0 Å². The van der Waals surface area contributed by atoms with Crippen molar-refractivity contribution in [1.29, 1.82) is 0 Å². The second kappa shape index (κ2) is 14.8. The lowest BCUT2D eigenvalue weighted by Gasteiger charge is -2.24. The van der Waals surface area contributed by atoms with Crippen LogP contribution in [-0.4, -0.2) is 61.1 Å². The summed E-state index contributed by atoms with van der Waals surface area (Å²) < 4.78 is 6.35. The monoisotopic (exact) mass is 539 g/mol. The van der Waals surface area contributed by atoms with E-state index in [4.69, 9.17) is 9.72 Å². The molecule has 34 heavy (non-hydrogen) atoms. The number of anilines is 1. The fraction of sp³-hybridized carbons (Fsp3) is 0.440. The number of likely N-dealkylation sites (N-methyl/N-ethyl adjacent to an activating group) is 1. The van der Waals surface area contributed by atoms with E-state index in [2.05, 4.69) is 55.3 Å². The van der Waals surface area contributed by atoms with Crippen LogP contribution in [0.2, 0.25) is 0 Å². The number of carbonyl (C=O) groups is 1. The number of aromatic nitrogens is 1. The van der Waals surface area contributed by atoms with Crippen molar-refractivity contribution in [3.8, 4) is 5.75 Å². The Kier molecular flexibility index (Phi) is 12.6. The van der Waals surface area contributed by atoms with Crippen molar-refractivity contribution in [2.75, 3.05) is 50.2 Å². The number of fused-ring (bicyclic) bond motifs is 1. The van der Waals surface area contributed by atoms with Gasteiger partial charge in [0, 0.05) is 29.3 Å². The number of amides is 1. The van der Waals surface area contributed by atoms with E-state index in [0.717, 1.165) is 52.9 Å². The summed E-state index contributed by atoms with van der Waals surface area (Å²) in [6, 6.07) is 14.4. The SMILES string of the molecule is CCN(CC)CCN(C(=O)CCCSc1ccc(OC)cc1)c1nc2ccc(SC)cc2s1.Cl. The Hall–Kier alpha value is -1.45. The zero-order valence-electron chi connectivity index (χ0n) is 20.3. The molecule has 0 aliphatic heterocycles. The van der Waals surface area contributed by atoms with Crippen LogP contribution in [-0.2, 0) is 4.79 Å². The largest absolute Gasteiger partial charge is 0.497 e. The molecule has 0 unspecified atom stereocenters. The molecule has 0 saturated carbocycles. The quantitative estimate of drug-likeness (QED) is 0.178. The van der Waals surface area contributed by atoms with Gasteiger partial charge >= 0.3 is 0 Å².